The van der Waals surface area contributed by atoms with Crippen molar-refractivity contribution in [1.29, 1.82) is 0 Å². The van der Waals surface area contributed by atoms with Crippen LogP contribution in [0.3, 0.4) is 0 Å². The fourth-order valence-electron chi connectivity index (χ4n) is 4.10. The van der Waals surface area contributed by atoms with E-state index in [-0.39, 0.29) is 0 Å². The molecule has 2 aliphatic rings. The van der Waals surface area contributed by atoms with Crippen molar-refractivity contribution in [3.63, 3.8) is 0 Å². The molecule has 2 atom stereocenters. The van der Waals surface area contributed by atoms with Crippen LogP contribution in [0.1, 0.15) is 63.2 Å². The summed E-state index contributed by atoms with van der Waals surface area (Å²) in [6.45, 7) is 11.5. The van der Waals surface area contributed by atoms with Gasteiger partial charge in [-0.25, -0.2) is 4.98 Å². The number of aryl methyl sites for hydroxylation is 1. The predicted molar refractivity (Wildman–Crippen MR) is 89.8 cm³/mol. The molecular weight excluding hydrogens is 278 g/mol. The molecule has 3 nitrogen and oxygen atoms in total. The molecule has 2 unspecified atom stereocenters. The van der Waals surface area contributed by atoms with E-state index >= 15 is 0 Å². The Labute approximate surface area is 133 Å². The van der Waals surface area contributed by atoms with Crippen LogP contribution in [0.5, 0.6) is 0 Å². The van der Waals surface area contributed by atoms with Crippen LogP contribution >= 0.6 is 11.3 Å². The molecule has 1 aromatic rings. The minimum absolute atomic E-state index is 0.381. The highest BCUT2D eigenvalue weighted by molar-refractivity contribution is 7.09. The standard InChI is InChI=1S/C17H29N3S/c1-12(2)15-9-18-17(7-5-6-8-17)11-20(15)14(4)16-19-13(3)10-21-16/h10,12,14-15,18H,5-9,11H2,1-4H3. The average molecular weight is 308 g/mol. The molecule has 1 saturated carbocycles. The van der Waals surface area contributed by atoms with Gasteiger partial charge in [-0.05, 0) is 32.6 Å². The predicted octanol–water partition coefficient (Wildman–Crippen LogP) is 3.76. The van der Waals surface area contributed by atoms with Gasteiger partial charge in [-0.2, -0.15) is 0 Å². The van der Waals surface area contributed by atoms with Gasteiger partial charge in [-0.1, -0.05) is 26.7 Å². The first-order valence-electron chi connectivity index (χ1n) is 8.43. The van der Waals surface area contributed by atoms with Crippen molar-refractivity contribution in [2.75, 3.05) is 13.1 Å². The van der Waals surface area contributed by atoms with Gasteiger partial charge in [0.1, 0.15) is 5.01 Å². The van der Waals surface area contributed by atoms with Crippen molar-refractivity contribution in [3.8, 4) is 0 Å². The Hall–Kier alpha value is -0.450. The van der Waals surface area contributed by atoms with Gasteiger partial charge >= 0.3 is 0 Å². The van der Waals surface area contributed by atoms with Gasteiger partial charge in [0, 0.05) is 35.7 Å². The Morgan fingerprint density at radius 3 is 2.62 bits per heavy atom. The average Bonchev–Trinajstić information content (AvgIpc) is 3.07. The van der Waals surface area contributed by atoms with E-state index in [4.69, 9.17) is 4.98 Å². The van der Waals surface area contributed by atoms with Gasteiger partial charge in [-0.3, -0.25) is 4.90 Å². The maximum absolute atomic E-state index is 4.75. The molecule has 118 valence electrons. The van der Waals surface area contributed by atoms with Crippen molar-refractivity contribution in [1.82, 2.24) is 15.2 Å². The summed E-state index contributed by atoms with van der Waals surface area (Å²) in [6.07, 6.45) is 5.46. The normalized spacial score (nSPS) is 27.6. The van der Waals surface area contributed by atoms with Crippen LogP contribution in [0.2, 0.25) is 0 Å². The van der Waals surface area contributed by atoms with E-state index in [0.29, 0.717) is 23.5 Å². The highest BCUT2D eigenvalue weighted by Crippen LogP contribution is 2.38. The molecule has 1 aliphatic heterocycles. The van der Waals surface area contributed by atoms with Gasteiger partial charge in [0.2, 0.25) is 0 Å². The SMILES string of the molecule is Cc1csc(C(C)N2CC3(CCCC3)NCC2C(C)C)n1. The van der Waals surface area contributed by atoms with Crippen LogP contribution in [-0.2, 0) is 0 Å². The number of hydrogen-bond acceptors (Lipinski definition) is 4. The zero-order valence-electron chi connectivity index (χ0n) is 13.9. The second-order valence-corrected chi connectivity index (χ2v) is 8.24. The number of rotatable bonds is 3. The minimum atomic E-state index is 0.381. The van der Waals surface area contributed by atoms with E-state index in [1.807, 2.05) is 11.3 Å². The molecule has 1 spiro atoms. The molecule has 0 bridgehead atoms. The topological polar surface area (TPSA) is 28.2 Å². The number of thiazole rings is 1. The zero-order valence-corrected chi connectivity index (χ0v) is 14.7. The van der Waals surface area contributed by atoms with Crippen molar-refractivity contribution < 1.29 is 0 Å². The molecule has 21 heavy (non-hydrogen) atoms. The second-order valence-electron chi connectivity index (χ2n) is 7.36. The molecule has 3 rings (SSSR count). The lowest BCUT2D eigenvalue weighted by Gasteiger charge is -2.49. The van der Waals surface area contributed by atoms with Crippen LogP contribution in [0, 0.1) is 12.8 Å². The Morgan fingerprint density at radius 1 is 1.33 bits per heavy atom. The van der Waals surface area contributed by atoms with Crippen molar-refractivity contribution in [3.05, 3.63) is 16.1 Å². The number of nitrogens with one attached hydrogen (secondary N) is 1. The molecular formula is C17H29N3S. The van der Waals surface area contributed by atoms with Gasteiger partial charge in [0.15, 0.2) is 0 Å². The van der Waals surface area contributed by atoms with E-state index in [1.165, 1.54) is 37.2 Å². The van der Waals surface area contributed by atoms with Gasteiger partial charge in [0.05, 0.1) is 6.04 Å². The largest absolute Gasteiger partial charge is 0.308 e. The lowest BCUT2D eigenvalue weighted by atomic mass is 9.88. The van der Waals surface area contributed by atoms with Crippen LogP contribution < -0.4 is 5.32 Å². The monoisotopic (exact) mass is 307 g/mol. The summed E-state index contributed by atoms with van der Waals surface area (Å²) in [5, 5.41) is 7.38. The molecule has 0 radical (unpaired) electrons. The van der Waals surface area contributed by atoms with E-state index in [1.54, 1.807) is 0 Å². The van der Waals surface area contributed by atoms with Crippen LogP contribution in [-0.4, -0.2) is 34.6 Å². The van der Waals surface area contributed by atoms with Crippen LogP contribution in [0.4, 0.5) is 0 Å². The summed E-state index contributed by atoms with van der Waals surface area (Å²) in [5.74, 6) is 0.680. The van der Waals surface area contributed by atoms with Crippen molar-refractivity contribution in [2.24, 2.45) is 5.92 Å². The summed E-state index contributed by atoms with van der Waals surface area (Å²) >= 11 is 1.82. The van der Waals surface area contributed by atoms with E-state index in [2.05, 4.69) is 43.3 Å². The zero-order chi connectivity index (χ0) is 15.0. The number of aromatic nitrogens is 1. The Balaban J connectivity index is 1.83. The molecule has 0 amide bonds. The Kier molecular flexibility index (Phi) is 4.40. The number of piperazine rings is 1. The van der Waals surface area contributed by atoms with E-state index in [9.17, 15) is 0 Å². The Bertz CT molecular complexity index is 476. The fraction of sp³-hybridized carbons (Fsp3) is 0.824. The summed E-state index contributed by atoms with van der Waals surface area (Å²) in [7, 11) is 0. The highest BCUT2D eigenvalue weighted by atomic mass is 32.1. The van der Waals surface area contributed by atoms with Gasteiger partial charge in [0.25, 0.3) is 0 Å². The van der Waals surface area contributed by atoms with Crippen LogP contribution in [0.25, 0.3) is 0 Å². The van der Waals surface area contributed by atoms with E-state index < -0.39 is 0 Å². The second kappa shape index (κ2) is 5.98. The van der Waals surface area contributed by atoms with Crippen molar-refractivity contribution in [2.45, 2.75) is 71.0 Å². The number of hydrogen-bond donors (Lipinski definition) is 1. The van der Waals surface area contributed by atoms with Crippen LogP contribution in [0.15, 0.2) is 5.38 Å². The van der Waals surface area contributed by atoms with Gasteiger partial charge in [-0.15, -0.1) is 11.3 Å². The maximum atomic E-state index is 4.75. The molecule has 1 N–H and O–H groups in total. The molecule has 0 aromatic carbocycles. The third-order valence-electron chi connectivity index (χ3n) is 5.42. The summed E-state index contributed by atoms with van der Waals surface area (Å²) in [6, 6.07) is 1.06. The highest BCUT2D eigenvalue weighted by Gasteiger charge is 2.43. The molecule has 2 heterocycles. The first kappa shape index (κ1) is 15.4. The molecule has 1 aromatic heterocycles. The molecule has 1 saturated heterocycles. The number of nitrogens with zero attached hydrogens (tertiary/aromatic N) is 2. The lowest BCUT2D eigenvalue weighted by molar-refractivity contribution is 0.0267. The summed E-state index contributed by atoms with van der Waals surface area (Å²) in [4.78, 5) is 7.49. The van der Waals surface area contributed by atoms with Gasteiger partial charge < -0.3 is 5.32 Å². The first-order chi connectivity index (χ1) is 10.0. The molecule has 2 fully saturated rings. The maximum Gasteiger partial charge on any atom is 0.110 e. The fourth-order valence-corrected chi connectivity index (χ4v) is 4.97. The third kappa shape index (κ3) is 3.03. The minimum Gasteiger partial charge on any atom is -0.308 e. The summed E-state index contributed by atoms with van der Waals surface area (Å²) in [5.41, 5.74) is 1.54. The first-order valence-corrected chi connectivity index (χ1v) is 9.31. The van der Waals surface area contributed by atoms with E-state index in [0.717, 1.165) is 12.2 Å². The summed E-state index contributed by atoms with van der Waals surface area (Å²) < 4.78 is 0. The third-order valence-corrected chi connectivity index (χ3v) is 6.55. The molecule has 1 aliphatic carbocycles. The smallest absolute Gasteiger partial charge is 0.110 e. The lowest BCUT2D eigenvalue weighted by Crippen LogP contribution is -2.64. The quantitative estimate of drug-likeness (QED) is 0.921. The molecule has 4 heteroatoms. The Morgan fingerprint density at radius 2 is 2.05 bits per heavy atom. The van der Waals surface area contributed by atoms with Crippen molar-refractivity contribution >= 4 is 11.3 Å².